The largest absolute Gasteiger partial charge is 0.493 e. The molecular formula is C21H20N4O3. The molecule has 142 valence electrons. The Morgan fingerprint density at radius 1 is 0.929 bits per heavy atom. The number of nitrogens with zero attached hydrogens (tertiary/aromatic N) is 4. The van der Waals surface area contributed by atoms with Gasteiger partial charge in [0.05, 0.1) is 31.0 Å². The Kier molecular flexibility index (Phi) is 5.67. The molecule has 0 unspecified atom stereocenters. The Labute approximate surface area is 163 Å². The molecule has 0 radical (unpaired) electrons. The molecule has 0 bridgehead atoms. The topological polar surface area (TPSA) is 89.6 Å². The van der Waals surface area contributed by atoms with Crippen LogP contribution in [0.4, 0.5) is 5.69 Å². The van der Waals surface area contributed by atoms with Crippen LogP contribution < -0.4 is 14.4 Å². The highest BCUT2D eigenvalue weighted by molar-refractivity contribution is 5.95. The van der Waals surface area contributed by atoms with E-state index in [2.05, 4.69) is 12.1 Å². The fourth-order valence-corrected chi connectivity index (χ4v) is 3.35. The van der Waals surface area contributed by atoms with Crippen LogP contribution in [0.5, 0.6) is 11.5 Å². The van der Waals surface area contributed by atoms with E-state index in [1.165, 1.54) is 7.11 Å². The summed E-state index contributed by atoms with van der Waals surface area (Å²) in [4.78, 5) is 16.6. The lowest BCUT2D eigenvalue weighted by molar-refractivity contribution is 0.0746. The lowest BCUT2D eigenvalue weighted by atomic mass is 10.1. The van der Waals surface area contributed by atoms with Gasteiger partial charge in [0.15, 0.2) is 11.5 Å². The number of amides is 1. The number of methoxy groups -OCH3 is 2. The summed E-state index contributed by atoms with van der Waals surface area (Å²) in [7, 11) is 3.08. The zero-order chi connectivity index (χ0) is 20.1. The van der Waals surface area contributed by atoms with Crippen molar-refractivity contribution in [2.75, 3.05) is 45.3 Å². The van der Waals surface area contributed by atoms with Crippen LogP contribution in [-0.4, -0.2) is 51.2 Å². The van der Waals surface area contributed by atoms with Crippen molar-refractivity contribution in [3.05, 3.63) is 53.1 Å². The summed E-state index contributed by atoms with van der Waals surface area (Å²) in [6.07, 6.45) is 0. The molecule has 3 rings (SSSR count). The number of para-hydroxylation sites is 1. The number of hydrogen-bond acceptors (Lipinski definition) is 6. The zero-order valence-electron chi connectivity index (χ0n) is 15.8. The number of benzene rings is 2. The number of nitriles is 2. The van der Waals surface area contributed by atoms with Crippen LogP contribution in [0.2, 0.25) is 0 Å². The second-order valence-electron chi connectivity index (χ2n) is 6.27. The van der Waals surface area contributed by atoms with Crippen molar-refractivity contribution in [1.29, 1.82) is 10.5 Å². The normalized spacial score (nSPS) is 13.4. The third-order valence-corrected chi connectivity index (χ3v) is 4.79. The molecule has 0 aromatic heterocycles. The molecule has 7 heteroatoms. The van der Waals surface area contributed by atoms with Crippen LogP contribution in [0, 0.1) is 22.7 Å². The predicted molar refractivity (Wildman–Crippen MR) is 104 cm³/mol. The van der Waals surface area contributed by atoms with Crippen molar-refractivity contribution >= 4 is 11.6 Å². The monoisotopic (exact) mass is 376 g/mol. The Morgan fingerprint density at radius 3 is 2.07 bits per heavy atom. The van der Waals surface area contributed by atoms with Gasteiger partial charge in [-0.2, -0.15) is 10.5 Å². The second-order valence-corrected chi connectivity index (χ2v) is 6.27. The zero-order valence-corrected chi connectivity index (χ0v) is 15.8. The van der Waals surface area contributed by atoms with Crippen LogP contribution in [0.25, 0.3) is 0 Å². The molecule has 2 aromatic carbocycles. The highest BCUT2D eigenvalue weighted by Crippen LogP contribution is 2.29. The number of rotatable bonds is 4. The number of carbonyl (C=O) groups is 1. The fraction of sp³-hybridized carbons (Fsp3) is 0.286. The fourth-order valence-electron chi connectivity index (χ4n) is 3.35. The first-order valence-electron chi connectivity index (χ1n) is 8.82. The maximum Gasteiger partial charge on any atom is 0.254 e. The summed E-state index contributed by atoms with van der Waals surface area (Å²) in [5.41, 5.74) is 2.12. The van der Waals surface area contributed by atoms with E-state index in [1.807, 2.05) is 4.90 Å². The predicted octanol–water partition coefficient (Wildman–Crippen LogP) is 2.41. The average molecular weight is 376 g/mol. The first-order chi connectivity index (χ1) is 13.6. The van der Waals surface area contributed by atoms with E-state index in [4.69, 9.17) is 9.47 Å². The number of piperazine rings is 1. The Morgan fingerprint density at radius 2 is 1.54 bits per heavy atom. The maximum absolute atomic E-state index is 12.9. The van der Waals surface area contributed by atoms with Crippen molar-refractivity contribution < 1.29 is 14.3 Å². The van der Waals surface area contributed by atoms with Crippen molar-refractivity contribution in [1.82, 2.24) is 4.90 Å². The minimum atomic E-state index is -0.0883. The van der Waals surface area contributed by atoms with Crippen LogP contribution in [-0.2, 0) is 0 Å². The van der Waals surface area contributed by atoms with Gasteiger partial charge in [0.1, 0.15) is 12.1 Å². The van der Waals surface area contributed by atoms with E-state index >= 15 is 0 Å². The van der Waals surface area contributed by atoms with Crippen molar-refractivity contribution in [3.8, 4) is 23.6 Å². The quantitative estimate of drug-likeness (QED) is 0.814. The first kappa shape index (κ1) is 19.1. The summed E-state index contributed by atoms with van der Waals surface area (Å²) < 4.78 is 10.5. The maximum atomic E-state index is 12.9. The van der Waals surface area contributed by atoms with Crippen molar-refractivity contribution in [3.63, 3.8) is 0 Å². The molecule has 28 heavy (non-hydrogen) atoms. The molecule has 0 N–H and O–H groups in total. The Bertz CT molecular complexity index is 934. The highest BCUT2D eigenvalue weighted by Gasteiger charge is 2.25. The Hall–Kier alpha value is -3.71. The highest BCUT2D eigenvalue weighted by atomic mass is 16.5. The van der Waals surface area contributed by atoms with E-state index in [0.29, 0.717) is 60.1 Å². The van der Waals surface area contributed by atoms with Gasteiger partial charge >= 0.3 is 0 Å². The lowest BCUT2D eigenvalue weighted by Crippen LogP contribution is -2.49. The molecule has 2 aromatic rings. The van der Waals surface area contributed by atoms with Gasteiger partial charge in [0, 0.05) is 31.7 Å². The van der Waals surface area contributed by atoms with Crippen LogP contribution in [0.1, 0.15) is 21.5 Å². The minimum Gasteiger partial charge on any atom is -0.493 e. The number of carbonyl (C=O) groups excluding carboxylic acids is 1. The molecule has 0 atom stereocenters. The van der Waals surface area contributed by atoms with Crippen LogP contribution in [0.15, 0.2) is 36.4 Å². The summed E-state index contributed by atoms with van der Waals surface area (Å²) in [6, 6.07) is 14.5. The van der Waals surface area contributed by atoms with Gasteiger partial charge in [-0.3, -0.25) is 4.79 Å². The van der Waals surface area contributed by atoms with Gasteiger partial charge in [-0.25, -0.2) is 0 Å². The van der Waals surface area contributed by atoms with Crippen molar-refractivity contribution in [2.45, 2.75) is 0 Å². The second kappa shape index (κ2) is 8.32. The molecule has 1 amide bonds. The standard InChI is InChI=1S/C21H20N4O3/c1-27-18-7-6-15(12-19(18)28-2)21(26)25-10-8-24(9-11-25)20-16(13-22)4-3-5-17(20)14-23/h3-7,12H,8-11H2,1-2H3. The summed E-state index contributed by atoms with van der Waals surface area (Å²) >= 11 is 0. The van der Waals surface area contributed by atoms with E-state index in [1.54, 1.807) is 48.4 Å². The van der Waals surface area contributed by atoms with Gasteiger partial charge in [-0.15, -0.1) is 0 Å². The molecule has 7 nitrogen and oxygen atoms in total. The van der Waals surface area contributed by atoms with E-state index in [-0.39, 0.29) is 5.91 Å². The molecule has 1 aliphatic rings. The lowest BCUT2D eigenvalue weighted by Gasteiger charge is -2.36. The van der Waals surface area contributed by atoms with Gasteiger partial charge in [0.25, 0.3) is 5.91 Å². The SMILES string of the molecule is COc1ccc(C(=O)N2CCN(c3c(C#N)cccc3C#N)CC2)cc1OC. The third kappa shape index (κ3) is 3.56. The van der Waals surface area contributed by atoms with Gasteiger partial charge in [0.2, 0.25) is 0 Å². The van der Waals surface area contributed by atoms with Gasteiger partial charge < -0.3 is 19.3 Å². The van der Waals surface area contributed by atoms with Gasteiger partial charge in [-0.1, -0.05) is 6.07 Å². The molecule has 0 saturated carbocycles. The molecule has 0 spiro atoms. The summed E-state index contributed by atoms with van der Waals surface area (Å²) in [5.74, 6) is 0.990. The molecule has 0 aliphatic carbocycles. The number of hydrogen-bond donors (Lipinski definition) is 0. The van der Waals surface area contributed by atoms with Crippen LogP contribution >= 0.6 is 0 Å². The summed E-state index contributed by atoms with van der Waals surface area (Å²) in [6.45, 7) is 2.09. The van der Waals surface area contributed by atoms with Crippen molar-refractivity contribution in [2.24, 2.45) is 0 Å². The Balaban J connectivity index is 1.76. The molecule has 1 fully saturated rings. The first-order valence-corrected chi connectivity index (χ1v) is 8.82. The molecule has 1 aliphatic heterocycles. The van der Waals surface area contributed by atoms with E-state index in [0.717, 1.165) is 0 Å². The summed E-state index contributed by atoms with van der Waals surface area (Å²) in [5, 5.41) is 18.8. The smallest absolute Gasteiger partial charge is 0.254 e. The molecular weight excluding hydrogens is 356 g/mol. The molecule has 1 heterocycles. The number of ether oxygens (including phenoxy) is 2. The average Bonchev–Trinajstić information content (AvgIpc) is 2.77. The minimum absolute atomic E-state index is 0.0883. The molecule has 1 saturated heterocycles. The third-order valence-electron chi connectivity index (χ3n) is 4.79. The number of anilines is 1. The van der Waals surface area contributed by atoms with Gasteiger partial charge in [-0.05, 0) is 30.3 Å². The van der Waals surface area contributed by atoms with E-state index in [9.17, 15) is 15.3 Å². The van der Waals surface area contributed by atoms with E-state index < -0.39 is 0 Å². The van der Waals surface area contributed by atoms with Crippen LogP contribution in [0.3, 0.4) is 0 Å².